The van der Waals surface area contributed by atoms with E-state index in [0.29, 0.717) is 0 Å². The lowest BCUT2D eigenvalue weighted by Crippen LogP contribution is -2.32. The highest BCUT2D eigenvalue weighted by Crippen LogP contribution is 2.17. The lowest BCUT2D eigenvalue weighted by molar-refractivity contribution is -0.146. The van der Waals surface area contributed by atoms with Crippen LogP contribution in [0.5, 0.6) is 0 Å². The number of carbonyl (C=O) groups is 1. The summed E-state index contributed by atoms with van der Waals surface area (Å²) in [5.41, 5.74) is -1.04. The van der Waals surface area contributed by atoms with Gasteiger partial charge in [-0.05, 0) is 24.3 Å². The summed E-state index contributed by atoms with van der Waals surface area (Å²) in [6.07, 6.45) is 0. The Morgan fingerprint density at radius 1 is 1.14 bits per heavy atom. The molecule has 1 aromatic carbocycles. The molecular formula is C17H17N3O7S. The second-order valence-corrected chi connectivity index (χ2v) is 8.13. The van der Waals surface area contributed by atoms with Gasteiger partial charge in [0, 0.05) is 14.1 Å². The van der Waals surface area contributed by atoms with Crippen molar-refractivity contribution in [2.45, 2.75) is 18.2 Å². The Morgan fingerprint density at radius 2 is 1.82 bits per heavy atom. The predicted octanol–water partition coefficient (Wildman–Crippen LogP) is 0.276. The van der Waals surface area contributed by atoms with Crippen LogP contribution in [-0.2, 0) is 32.7 Å². The van der Waals surface area contributed by atoms with E-state index in [4.69, 9.17) is 9.15 Å². The van der Waals surface area contributed by atoms with Gasteiger partial charge in [0.25, 0.3) is 21.1 Å². The van der Waals surface area contributed by atoms with E-state index in [2.05, 4.69) is 5.10 Å². The van der Waals surface area contributed by atoms with Gasteiger partial charge in [0.05, 0.1) is 10.8 Å². The van der Waals surface area contributed by atoms with Crippen molar-refractivity contribution in [1.29, 1.82) is 0 Å². The number of furan rings is 1. The van der Waals surface area contributed by atoms with Gasteiger partial charge < -0.3 is 9.15 Å². The zero-order chi connectivity index (χ0) is 20.5. The summed E-state index contributed by atoms with van der Waals surface area (Å²) in [5.74, 6) is -0.686. The molecule has 0 saturated heterocycles. The van der Waals surface area contributed by atoms with Crippen molar-refractivity contribution in [2.24, 2.45) is 0 Å². The van der Waals surface area contributed by atoms with Crippen molar-refractivity contribution >= 4 is 26.8 Å². The molecule has 0 aliphatic rings. The highest BCUT2D eigenvalue weighted by molar-refractivity contribution is 7.88. The third-order valence-electron chi connectivity index (χ3n) is 3.92. The first-order valence-corrected chi connectivity index (χ1v) is 9.53. The first-order valence-electron chi connectivity index (χ1n) is 8.09. The van der Waals surface area contributed by atoms with E-state index in [-0.39, 0.29) is 28.2 Å². The summed E-state index contributed by atoms with van der Waals surface area (Å²) in [6, 6.07) is 8.86. The van der Waals surface area contributed by atoms with Gasteiger partial charge >= 0.3 is 5.97 Å². The number of benzene rings is 1. The van der Waals surface area contributed by atoms with E-state index in [1.165, 1.54) is 38.4 Å². The minimum Gasteiger partial charge on any atom is -0.456 e. The van der Waals surface area contributed by atoms with Gasteiger partial charge in [0.1, 0.15) is 18.9 Å². The Bertz CT molecular complexity index is 1250. The highest BCUT2D eigenvalue weighted by Gasteiger charge is 2.22. The third-order valence-corrected chi connectivity index (χ3v) is 5.61. The van der Waals surface area contributed by atoms with Crippen LogP contribution in [0.4, 0.5) is 0 Å². The molecule has 0 aliphatic heterocycles. The summed E-state index contributed by atoms with van der Waals surface area (Å²) in [7, 11) is -1.01. The van der Waals surface area contributed by atoms with Crippen LogP contribution < -0.4 is 11.1 Å². The largest absolute Gasteiger partial charge is 0.456 e. The zero-order valence-corrected chi connectivity index (χ0v) is 15.9. The molecule has 2 heterocycles. The molecule has 0 amide bonds. The maximum absolute atomic E-state index is 12.4. The fourth-order valence-corrected chi connectivity index (χ4v) is 3.25. The van der Waals surface area contributed by atoms with Crippen LogP contribution in [-0.4, -0.2) is 42.6 Å². The molecular weight excluding hydrogens is 390 g/mol. The van der Waals surface area contributed by atoms with Gasteiger partial charge in [-0.2, -0.15) is 0 Å². The minimum atomic E-state index is -3.73. The molecule has 0 spiro atoms. The van der Waals surface area contributed by atoms with Crippen molar-refractivity contribution in [1.82, 2.24) is 14.1 Å². The van der Waals surface area contributed by atoms with E-state index < -0.39 is 33.7 Å². The molecule has 3 aromatic rings. The maximum Gasteiger partial charge on any atom is 0.328 e. The number of hydrogen-bond acceptors (Lipinski definition) is 7. The summed E-state index contributed by atoms with van der Waals surface area (Å²) < 4.78 is 35.9. The smallest absolute Gasteiger partial charge is 0.328 e. The topological polar surface area (TPSA) is 132 Å². The van der Waals surface area contributed by atoms with Crippen molar-refractivity contribution in [3.8, 4) is 0 Å². The fraction of sp³-hybridized carbons (Fsp3) is 0.235. The van der Waals surface area contributed by atoms with Gasteiger partial charge in [0.15, 0.2) is 0 Å². The molecule has 0 atom stereocenters. The number of hydrogen-bond donors (Lipinski definition) is 1. The monoisotopic (exact) mass is 407 g/mol. The van der Waals surface area contributed by atoms with E-state index >= 15 is 0 Å². The molecule has 2 aromatic heterocycles. The summed E-state index contributed by atoms with van der Waals surface area (Å²) in [5, 5.41) is 2.45. The van der Waals surface area contributed by atoms with Crippen molar-refractivity contribution in [3.05, 3.63) is 62.9 Å². The third kappa shape index (κ3) is 3.75. The summed E-state index contributed by atoms with van der Waals surface area (Å²) in [4.78, 5) is 36.4. The maximum atomic E-state index is 12.4. The molecule has 3 rings (SSSR count). The number of carbonyl (C=O) groups excluding carboxylic acids is 1. The van der Waals surface area contributed by atoms with E-state index in [1.807, 2.05) is 0 Å². The fourth-order valence-electron chi connectivity index (χ4n) is 2.44. The Labute approximate surface area is 159 Å². The molecule has 0 unspecified atom stereocenters. The Balaban J connectivity index is 1.72. The summed E-state index contributed by atoms with van der Waals surface area (Å²) >= 11 is 0. The second-order valence-electron chi connectivity index (χ2n) is 6.05. The second kappa shape index (κ2) is 7.44. The number of aromatic nitrogens is 2. The molecule has 10 nitrogen and oxygen atoms in total. The van der Waals surface area contributed by atoms with Crippen LogP contribution in [0.1, 0.15) is 5.76 Å². The van der Waals surface area contributed by atoms with Crippen molar-refractivity contribution in [2.75, 3.05) is 14.1 Å². The lowest BCUT2D eigenvalue weighted by Gasteiger charge is -2.08. The van der Waals surface area contributed by atoms with Crippen LogP contribution in [0.3, 0.4) is 0 Å². The highest BCUT2D eigenvalue weighted by atomic mass is 32.2. The first kappa shape index (κ1) is 19.6. The van der Waals surface area contributed by atoms with E-state index in [9.17, 15) is 22.8 Å². The van der Waals surface area contributed by atoms with E-state index in [1.54, 1.807) is 12.1 Å². The van der Waals surface area contributed by atoms with Gasteiger partial charge in [-0.15, -0.1) is 0 Å². The van der Waals surface area contributed by atoms with Crippen LogP contribution >= 0.6 is 0 Å². The lowest BCUT2D eigenvalue weighted by atomic mass is 10.2. The first-order chi connectivity index (χ1) is 13.2. The Morgan fingerprint density at radius 3 is 2.50 bits per heavy atom. The number of aromatic amines is 1. The van der Waals surface area contributed by atoms with Crippen molar-refractivity contribution < 1.29 is 22.4 Å². The quantitative estimate of drug-likeness (QED) is 0.580. The standard InChI is InChI=1S/C17H17N3O7S/c1-19(2)28(24,25)15-8-7-11(27-15)10-26-14(21)9-20-17(23)13-6-4-3-5-12(13)16(22)18-20/h3-8H,9-10H2,1-2H3,(H,18,22). The van der Waals surface area contributed by atoms with Crippen LogP contribution in [0.15, 0.2) is 55.5 Å². The van der Waals surface area contributed by atoms with Crippen LogP contribution in [0, 0.1) is 0 Å². The zero-order valence-electron chi connectivity index (χ0n) is 15.0. The number of nitrogens with zero attached hydrogens (tertiary/aromatic N) is 2. The molecule has 28 heavy (non-hydrogen) atoms. The van der Waals surface area contributed by atoms with E-state index in [0.717, 1.165) is 8.99 Å². The number of H-pyrrole nitrogens is 1. The Kier molecular flexibility index (Phi) is 5.21. The Hall–Kier alpha value is -3.18. The summed E-state index contributed by atoms with van der Waals surface area (Å²) in [6.45, 7) is -0.836. The number of rotatable bonds is 6. The molecule has 11 heteroatoms. The van der Waals surface area contributed by atoms with Crippen LogP contribution in [0.2, 0.25) is 0 Å². The van der Waals surface area contributed by atoms with Gasteiger partial charge in [-0.1, -0.05) is 12.1 Å². The van der Waals surface area contributed by atoms with Gasteiger partial charge in [-0.25, -0.2) is 17.4 Å². The van der Waals surface area contributed by atoms with Gasteiger partial charge in [-0.3, -0.25) is 19.5 Å². The molecule has 0 saturated carbocycles. The number of sulfonamides is 1. The number of fused-ring (bicyclic) bond motifs is 1. The van der Waals surface area contributed by atoms with Crippen molar-refractivity contribution in [3.63, 3.8) is 0 Å². The average Bonchev–Trinajstić information content (AvgIpc) is 3.14. The average molecular weight is 407 g/mol. The molecule has 0 radical (unpaired) electrons. The minimum absolute atomic E-state index is 0.119. The predicted molar refractivity (Wildman–Crippen MR) is 98.2 cm³/mol. The normalized spacial score (nSPS) is 11.8. The molecule has 148 valence electrons. The molecule has 1 N–H and O–H groups in total. The SMILES string of the molecule is CN(C)S(=O)(=O)c1ccc(COC(=O)Cn2[nH]c(=O)c3ccccc3c2=O)o1. The molecule has 0 aliphatic carbocycles. The number of ether oxygens (including phenoxy) is 1. The number of nitrogens with one attached hydrogen (secondary N) is 1. The van der Waals surface area contributed by atoms with Crippen LogP contribution in [0.25, 0.3) is 10.8 Å². The number of esters is 1. The molecule has 0 bridgehead atoms. The molecule has 0 fully saturated rings. The van der Waals surface area contributed by atoms with Gasteiger partial charge in [0.2, 0.25) is 5.09 Å².